The van der Waals surface area contributed by atoms with Crippen molar-refractivity contribution >= 4 is 5.91 Å². The van der Waals surface area contributed by atoms with Crippen LogP contribution in [0.3, 0.4) is 0 Å². The van der Waals surface area contributed by atoms with Gasteiger partial charge >= 0.3 is 0 Å². The summed E-state index contributed by atoms with van der Waals surface area (Å²) < 4.78 is 11.5. The summed E-state index contributed by atoms with van der Waals surface area (Å²) >= 11 is 0. The molecule has 6 nitrogen and oxygen atoms in total. The molecule has 3 rings (SSSR count). The molecule has 6 heteroatoms. The maximum absolute atomic E-state index is 12.2. The fraction of sp³-hybridized carbons (Fsp3) is 0.333. The number of benzene rings is 1. The van der Waals surface area contributed by atoms with Crippen LogP contribution in [0.5, 0.6) is 11.5 Å². The number of para-hydroxylation sites is 2. The normalized spacial score (nSPS) is 20.0. The van der Waals surface area contributed by atoms with E-state index in [0.29, 0.717) is 24.5 Å². The van der Waals surface area contributed by atoms with Gasteiger partial charge in [-0.2, -0.15) is 0 Å². The zero-order valence-corrected chi connectivity index (χ0v) is 11.7. The van der Waals surface area contributed by atoms with Crippen LogP contribution in [-0.4, -0.2) is 34.6 Å². The molecule has 110 valence electrons. The molecule has 2 unspecified atom stereocenters. The van der Waals surface area contributed by atoms with Gasteiger partial charge in [0.1, 0.15) is 6.10 Å². The number of carbonyl (C=O) groups is 1. The predicted octanol–water partition coefficient (Wildman–Crippen LogP) is 1.30. The first-order chi connectivity index (χ1) is 10.2. The Kier molecular flexibility index (Phi) is 3.77. The lowest BCUT2D eigenvalue weighted by Crippen LogP contribution is -2.49. The van der Waals surface area contributed by atoms with Crippen molar-refractivity contribution in [3.63, 3.8) is 0 Å². The molecule has 1 aliphatic heterocycles. The third kappa shape index (κ3) is 2.99. The fourth-order valence-corrected chi connectivity index (χ4v) is 2.25. The van der Waals surface area contributed by atoms with Crippen molar-refractivity contribution < 1.29 is 14.3 Å². The number of aromatic nitrogens is 2. The lowest BCUT2D eigenvalue weighted by Gasteiger charge is -2.31. The molecule has 21 heavy (non-hydrogen) atoms. The summed E-state index contributed by atoms with van der Waals surface area (Å²) in [6, 6.07) is 7.36. The summed E-state index contributed by atoms with van der Waals surface area (Å²) in [5.74, 6) is 1.10. The number of nitrogens with zero attached hydrogens (tertiary/aromatic N) is 1. The van der Waals surface area contributed by atoms with Crippen LogP contribution in [0.25, 0.3) is 0 Å². The summed E-state index contributed by atoms with van der Waals surface area (Å²) in [4.78, 5) is 19.1. The Morgan fingerprint density at radius 3 is 2.81 bits per heavy atom. The van der Waals surface area contributed by atoms with Gasteiger partial charge in [0.05, 0.1) is 6.33 Å². The second-order valence-corrected chi connectivity index (χ2v) is 4.93. The third-order valence-electron chi connectivity index (χ3n) is 3.35. The zero-order chi connectivity index (χ0) is 14.7. The van der Waals surface area contributed by atoms with Gasteiger partial charge in [-0.05, 0) is 19.1 Å². The average Bonchev–Trinajstić information content (AvgIpc) is 2.99. The highest BCUT2D eigenvalue weighted by Crippen LogP contribution is 2.33. The van der Waals surface area contributed by atoms with E-state index >= 15 is 0 Å². The molecule has 1 aromatic heterocycles. The number of hydrogen-bond donors (Lipinski definition) is 2. The molecule has 0 saturated heterocycles. The molecule has 2 aromatic rings. The number of nitrogens with one attached hydrogen (secondary N) is 2. The molecule has 0 bridgehead atoms. The number of rotatable bonds is 4. The van der Waals surface area contributed by atoms with Gasteiger partial charge in [0.15, 0.2) is 11.5 Å². The topological polar surface area (TPSA) is 76.2 Å². The van der Waals surface area contributed by atoms with Gasteiger partial charge < -0.3 is 19.8 Å². The highest BCUT2D eigenvalue weighted by molar-refractivity contribution is 5.82. The molecule has 1 amide bonds. The first-order valence-electron chi connectivity index (χ1n) is 6.91. The monoisotopic (exact) mass is 287 g/mol. The van der Waals surface area contributed by atoms with E-state index in [2.05, 4.69) is 15.3 Å². The van der Waals surface area contributed by atoms with Crippen LogP contribution < -0.4 is 14.8 Å². The van der Waals surface area contributed by atoms with Crippen molar-refractivity contribution in [2.75, 3.05) is 6.54 Å². The minimum Gasteiger partial charge on any atom is -0.482 e. The summed E-state index contributed by atoms with van der Waals surface area (Å²) in [5, 5.41) is 2.86. The SMILES string of the molecule is CC1Oc2ccccc2OC1C(=O)NCCc1cnc[nH]1. The van der Waals surface area contributed by atoms with Crippen LogP contribution in [0.4, 0.5) is 0 Å². The number of aromatic amines is 1. The molecule has 2 atom stereocenters. The molecule has 2 N–H and O–H groups in total. The highest BCUT2D eigenvalue weighted by Gasteiger charge is 2.33. The van der Waals surface area contributed by atoms with E-state index in [1.807, 2.05) is 25.1 Å². The second-order valence-electron chi connectivity index (χ2n) is 4.93. The van der Waals surface area contributed by atoms with Crippen LogP contribution in [0.2, 0.25) is 0 Å². The zero-order valence-electron chi connectivity index (χ0n) is 11.7. The van der Waals surface area contributed by atoms with Crippen molar-refractivity contribution in [2.45, 2.75) is 25.6 Å². The number of ether oxygens (including phenoxy) is 2. The van der Waals surface area contributed by atoms with Gasteiger partial charge in [0.25, 0.3) is 5.91 Å². The average molecular weight is 287 g/mol. The Bertz CT molecular complexity index is 612. The summed E-state index contributed by atoms with van der Waals surface area (Å²) in [7, 11) is 0. The molecule has 0 fully saturated rings. The standard InChI is InChI=1S/C15H17N3O3/c1-10-14(21-13-5-3-2-4-12(13)20-10)15(19)17-7-6-11-8-16-9-18-11/h2-5,8-10,14H,6-7H2,1H3,(H,16,18)(H,17,19). The smallest absolute Gasteiger partial charge is 0.265 e. The highest BCUT2D eigenvalue weighted by atomic mass is 16.6. The van der Waals surface area contributed by atoms with Gasteiger partial charge in [-0.15, -0.1) is 0 Å². The van der Waals surface area contributed by atoms with Gasteiger partial charge in [0, 0.05) is 24.9 Å². The Hall–Kier alpha value is -2.50. The third-order valence-corrected chi connectivity index (χ3v) is 3.35. The number of hydrogen-bond acceptors (Lipinski definition) is 4. The van der Waals surface area contributed by atoms with Crippen molar-refractivity contribution in [1.82, 2.24) is 15.3 Å². The minimum atomic E-state index is -0.637. The van der Waals surface area contributed by atoms with E-state index in [9.17, 15) is 4.79 Å². The van der Waals surface area contributed by atoms with Crippen LogP contribution in [0.1, 0.15) is 12.6 Å². The molecule has 0 aliphatic carbocycles. The minimum absolute atomic E-state index is 0.170. The van der Waals surface area contributed by atoms with Gasteiger partial charge in [0.2, 0.25) is 6.10 Å². The summed E-state index contributed by atoms with van der Waals surface area (Å²) in [6.45, 7) is 2.35. The molecule has 0 spiro atoms. The second kappa shape index (κ2) is 5.87. The maximum atomic E-state index is 12.2. The molecule has 0 saturated carbocycles. The molecule has 1 aromatic carbocycles. The van der Waals surface area contributed by atoms with Gasteiger partial charge in [-0.1, -0.05) is 12.1 Å². The number of imidazole rings is 1. The predicted molar refractivity (Wildman–Crippen MR) is 76.2 cm³/mol. The number of amides is 1. The Morgan fingerprint density at radius 2 is 2.10 bits per heavy atom. The van der Waals surface area contributed by atoms with Crippen LogP contribution in [-0.2, 0) is 11.2 Å². The number of fused-ring (bicyclic) bond motifs is 1. The van der Waals surface area contributed by atoms with E-state index in [4.69, 9.17) is 9.47 Å². The van der Waals surface area contributed by atoms with Crippen molar-refractivity contribution in [3.8, 4) is 11.5 Å². The van der Waals surface area contributed by atoms with Gasteiger partial charge in [-0.25, -0.2) is 4.98 Å². The Balaban J connectivity index is 1.57. The molecular formula is C15H17N3O3. The van der Waals surface area contributed by atoms with E-state index in [1.54, 1.807) is 18.6 Å². The van der Waals surface area contributed by atoms with Crippen molar-refractivity contribution in [2.24, 2.45) is 0 Å². The quantitative estimate of drug-likeness (QED) is 0.888. The number of H-pyrrole nitrogens is 1. The largest absolute Gasteiger partial charge is 0.482 e. The molecule has 0 radical (unpaired) electrons. The van der Waals surface area contributed by atoms with E-state index < -0.39 is 6.10 Å². The van der Waals surface area contributed by atoms with Crippen LogP contribution >= 0.6 is 0 Å². The molecule has 1 aliphatic rings. The van der Waals surface area contributed by atoms with Crippen molar-refractivity contribution in [1.29, 1.82) is 0 Å². The van der Waals surface area contributed by atoms with E-state index in [1.165, 1.54) is 0 Å². The lowest BCUT2D eigenvalue weighted by molar-refractivity contribution is -0.133. The molecule has 2 heterocycles. The van der Waals surface area contributed by atoms with E-state index in [0.717, 1.165) is 5.69 Å². The Labute approximate surface area is 122 Å². The summed E-state index contributed by atoms with van der Waals surface area (Å²) in [6.07, 6.45) is 3.10. The first-order valence-corrected chi connectivity index (χ1v) is 6.91. The lowest BCUT2D eigenvalue weighted by atomic mass is 10.1. The van der Waals surface area contributed by atoms with Crippen molar-refractivity contribution in [3.05, 3.63) is 42.5 Å². The van der Waals surface area contributed by atoms with E-state index in [-0.39, 0.29) is 12.0 Å². The maximum Gasteiger partial charge on any atom is 0.265 e. The van der Waals surface area contributed by atoms with Crippen LogP contribution in [0, 0.1) is 0 Å². The number of carbonyl (C=O) groups excluding carboxylic acids is 1. The summed E-state index contributed by atoms with van der Waals surface area (Å²) in [5.41, 5.74) is 0.981. The first kappa shape index (κ1) is 13.5. The fourth-order valence-electron chi connectivity index (χ4n) is 2.25. The molecular weight excluding hydrogens is 270 g/mol. The van der Waals surface area contributed by atoms with Crippen LogP contribution in [0.15, 0.2) is 36.8 Å². The Morgan fingerprint density at radius 1 is 1.33 bits per heavy atom. The van der Waals surface area contributed by atoms with Gasteiger partial charge in [-0.3, -0.25) is 4.79 Å².